The quantitative estimate of drug-likeness (QED) is 0.685. The standard InChI is InChI=1S/C21H22FN3O2S/c1-11-10-25(12(2)8-23-11)21(27)17-7-14(6-15-9-24-28-20(15)17)16-4-5-18(26)19(22)13(16)3/h4-7,9,11-12,23,26H,8,10H2,1-3H3/t11-,12+/m1/s1. The van der Waals surface area contributed by atoms with Gasteiger partial charge < -0.3 is 15.3 Å². The van der Waals surface area contributed by atoms with Gasteiger partial charge in [0.1, 0.15) is 0 Å². The average molecular weight is 399 g/mol. The van der Waals surface area contributed by atoms with Crippen molar-refractivity contribution in [3.8, 4) is 16.9 Å². The predicted molar refractivity (Wildman–Crippen MR) is 109 cm³/mol. The number of hydrogen-bond acceptors (Lipinski definition) is 5. The first-order chi connectivity index (χ1) is 13.4. The van der Waals surface area contributed by atoms with Crippen LogP contribution < -0.4 is 5.32 Å². The van der Waals surface area contributed by atoms with Crippen LogP contribution in [0.1, 0.15) is 29.8 Å². The van der Waals surface area contributed by atoms with Crippen LogP contribution in [-0.2, 0) is 0 Å². The smallest absolute Gasteiger partial charge is 0.255 e. The van der Waals surface area contributed by atoms with E-state index in [-0.39, 0.29) is 23.7 Å². The molecule has 4 rings (SSSR count). The number of rotatable bonds is 2. The Morgan fingerprint density at radius 3 is 2.93 bits per heavy atom. The molecule has 1 aliphatic heterocycles. The number of halogens is 1. The second kappa shape index (κ2) is 7.14. The Morgan fingerprint density at radius 2 is 2.14 bits per heavy atom. The third-order valence-electron chi connectivity index (χ3n) is 5.39. The Bertz CT molecular complexity index is 1070. The van der Waals surface area contributed by atoms with Crippen molar-refractivity contribution >= 4 is 27.5 Å². The second-order valence-electron chi connectivity index (χ2n) is 7.46. The van der Waals surface area contributed by atoms with Gasteiger partial charge in [0.25, 0.3) is 5.91 Å². The molecule has 1 amide bonds. The second-order valence-corrected chi connectivity index (χ2v) is 8.26. The predicted octanol–water partition coefficient (Wildman–Crippen LogP) is 3.94. The number of aromatic hydroxyl groups is 1. The summed E-state index contributed by atoms with van der Waals surface area (Å²) in [6.07, 6.45) is 1.73. The van der Waals surface area contributed by atoms with Crippen molar-refractivity contribution in [1.82, 2.24) is 14.6 Å². The number of amides is 1. The number of nitrogens with zero attached hydrogens (tertiary/aromatic N) is 2. The van der Waals surface area contributed by atoms with Crippen LogP contribution in [0, 0.1) is 12.7 Å². The van der Waals surface area contributed by atoms with Crippen LogP contribution >= 0.6 is 11.5 Å². The average Bonchev–Trinajstić information content (AvgIpc) is 3.15. The van der Waals surface area contributed by atoms with Crippen molar-refractivity contribution in [2.45, 2.75) is 32.9 Å². The highest BCUT2D eigenvalue weighted by molar-refractivity contribution is 7.13. The molecule has 0 radical (unpaired) electrons. The van der Waals surface area contributed by atoms with Crippen molar-refractivity contribution < 1.29 is 14.3 Å². The number of carbonyl (C=O) groups excluding carboxylic acids is 1. The van der Waals surface area contributed by atoms with Gasteiger partial charge in [-0.15, -0.1) is 0 Å². The fraction of sp³-hybridized carbons (Fsp3) is 0.333. The van der Waals surface area contributed by atoms with E-state index in [1.807, 2.05) is 24.0 Å². The molecule has 146 valence electrons. The first-order valence-electron chi connectivity index (χ1n) is 9.28. The van der Waals surface area contributed by atoms with Gasteiger partial charge in [-0.1, -0.05) is 6.07 Å². The summed E-state index contributed by atoms with van der Waals surface area (Å²) in [5.41, 5.74) is 2.33. The summed E-state index contributed by atoms with van der Waals surface area (Å²) in [4.78, 5) is 15.3. The molecule has 1 saturated heterocycles. The number of piperazine rings is 1. The van der Waals surface area contributed by atoms with Gasteiger partial charge in [-0.05, 0) is 67.2 Å². The zero-order chi connectivity index (χ0) is 20.0. The number of fused-ring (bicyclic) bond motifs is 1. The highest BCUT2D eigenvalue weighted by atomic mass is 32.1. The van der Waals surface area contributed by atoms with Gasteiger partial charge in [0, 0.05) is 36.8 Å². The molecule has 2 atom stereocenters. The van der Waals surface area contributed by atoms with Gasteiger partial charge in [0.05, 0.1) is 10.3 Å². The minimum atomic E-state index is -0.640. The molecule has 1 aliphatic rings. The number of hydrogen-bond donors (Lipinski definition) is 2. The zero-order valence-electron chi connectivity index (χ0n) is 16.0. The lowest BCUT2D eigenvalue weighted by molar-refractivity contribution is 0.0618. The van der Waals surface area contributed by atoms with Gasteiger partial charge in [0.15, 0.2) is 11.6 Å². The molecule has 1 aromatic heterocycles. The third-order valence-corrected chi connectivity index (χ3v) is 6.24. The lowest BCUT2D eigenvalue weighted by Crippen LogP contribution is -2.56. The molecule has 2 heterocycles. The Hall–Kier alpha value is -2.51. The summed E-state index contributed by atoms with van der Waals surface area (Å²) in [5.74, 6) is -1.05. The molecule has 0 aliphatic carbocycles. The van der Waals surface area contributed by atoms with Crippen molar-refractivity contribution in [2.24, 2.45) is 0 Å². The molecule has 0 spiro atoms. The maximum absolute atomic E-state index is 14.2. The van der Waals surface area contributed by atoms with Crippen LogP contribution in [0.3, 0.4) is 0 Å². The fourth-order valence-corrected chi connectivity index (χ4v) is 4.48. The normalized spacial score (nSPS) is 19.9. The number of nitrogens with one attached hydrogen (secondary N) is 1. The summed E-state index contributed by atoms with van der Waals surface area (Å²) in [7, 11) is 0. The Labute approximate surface area is 167 Å². The van der Waals surface area contributed by atoms with E-state index in [0.717, 1.165) is 22.2 Å². The first-order valence-corrected chi connectivity index (χ1v) is 10.1. The van der Waals surface area contributed by atoms with Crippen molar-refractivity contribution in [1.29, 1.82) is 0 Å². The molecular formula is C21H22FN3O2S. The highest BCUT2D eigenvalue weighted by Crippen LogP contribution is 2.35. The molecule has 2 aromatic carbocycles. The van der Waals surface area contributed by atoms with E-state index < -0.39 is 5.82 Å². The van der Waals surface area contributed by atoms with Crippen LogP contribution in [0.15, 0.2) is 30.5 Å². The number of phenols is 1. The summed E-state index contributed by atoms with van der Waals surface area (Å²) >= 11 is 1.29. The largest absolute Gasteiger partial charge is 0.505 e. The third kappa shape index (κ3) is 3.14. The molecule has 0 unspecified atom stereocenters. The molecule has 2 N–H and O–H groups in total. The lowest BCUT2D eigenvalue weighted by Gasteiger charge is -2.37. The molecule has 7 heteroatoms. The molecule has 1 fully saturated rings. The van der Waals surface area contributed by atoms with E-state index >= 15 is 0 Å². The molecule has 0 saturated carbocycles. The van der Waals surface area contributed by atoms with Crippen LogP contribution in [0.5, 0.6) is 5.75 Å². The monoisotopic (exact) mass is 399 g/mol. The number of phenolic OH excluding ortho intramolecular Hbond substituents is 1. The molecule has 3 aromatic rings. The van der Waals surface area contributed by atoms with Gasteiger partial charge in [0.2, 0.25) is 0 Å². The van der Waals surface area contributed by atoms with Crippen molar-refractivity contribution in [2.75, 3.05) is 13.1 Å². The first kappa shape index (κ1) is 18.8. The van der Waals surface area contributed by atoms with E-state index in [9.17, 15) is 14.3 Å². The Balaban J connectivity index is 1.84. The Kier molecular flexibility index (Phi) is 4.81. The van der Waals surface area contributed by atoms with E-state index in [2.05, 4.69) is 16.6 Å². The molecular weight excluding hydrogens is 377 g/mol. The van der Waals surface area contributed by atoms with Crippen molar-refractivity contribution in [3.63, 3.8) is 0 Å². The van der Waals surface area contributed by atoms with Gasteiger partial charge in [-0.25, -0.2) is 4.39 Å². The summed E-state index contributed by atoms with van der Waals surface area (Å²) in [6.45, 7) is 7.11. The SMILES string of the molecule is Cc1c(-c2cc(C(=O)N3C[C@@H](C)NC[C@@H]3C)c3sncc3c2)ccc(O)c1F. The van der Waals surface area contributed by atoms with Gasteiger partial charge in [-0.3, -0.25) is 4.79 Å². The summed E-state index contributed by atoms with van der Waals surface area (Å²) in [6, 6.07) is 7.07. The van der Waals surface area contributed by atoms with E-state index in [0.29, 0.717) is 23.2 Å². The maximum Gasteiger partial charge on any atom is 0.255 e. The fourth-order valence-electron chi connectivity index (χ4n) is 3.74. The Morgan fingerprint density at radius 1 is 1.36 bits per heavy atom. The molecule has 0 bridgehead atoms. The van der Waals surface area contributed by atoms with Gasteiger partial charge in [-0.2, -0.15) is 4.37 Å². The maximum atomic E-state index is 14.2. The van der Waals surface area contributed by atoms with Crippen molar-refractivity contribution in [3.05, 3.63) is 47.4 Å². The topological polar surface area (TPSA) is 65.5 Å². The summed E-state index contributed by atoms with van der Waals surface area (Å²) < 4.78 is 19.3. The minimum Gasteiger partial charge on any atom is -0.505 e. The highest BCUT2D eigenvalue weighted by Gasteiger charge is 2.29. The van der Waals surface area contributed by atoms with Crippen LogP contribution in [0.2, 0.25) is 0 Å². The molecule has 28 heavy (non-hydrogen) atoms. The lowest BCUT2D eigenvalue weighted by atomic mass is 9.96. The van der Waals surface area contributed by atoms with Crippen LogP contribution in [-0.4, -0.2) is 45.5 Å². The molecule has 5 nitrogen and oxygen atoms in total. The van der Waals surface area contributed by atoms with Gasteiger partial charge >= 0.3 is 0 Å². The minimum absolute atomic E-state index is 0.0335. The number of aromatic nitrogens is 1. The number of carbonyl (C=O) groups is 1. The summed E-state index contributed by atoms with van der Waals surface area (Å²) in [5, 5.41) is 13.9. The van der Waals surface area contributed by atoms with Crippen LogP contribution in [0.25, 0.3) is 21.2 Å². The van der Waals surface area contributed by atoms with E-state index in [4.69, 9.17) is 0 Å². The van der Waals surface area contributed by atoms with E-state index in [1.54, 1.807) is 19.2 Å². The zero-order valence-corrected chi connectivity index (χ0v) is 16.8. The van der Waals surface area contributed by atoms with E-state index in [1.165, 1.54) is 17.6 Å². The van der Waals surface area contributed by atoms with Crippen LogP contribution in [0.4, 0.5) is 4.39 Å². The number of benzene rings is 2.